The van der Waals surface area contributed by atoms with Crippen LogP contribution in [-0.2, 0) is 13.1 Å². The van der Waals surface area contributed by atoms with E-state index in [0.29, 0.717) is 21.7 Å². The molecule has 0 atom stereocenters. The van der Waals surface area contributed by atoms with Gasteiger partial charge in [-0.15, -0.1) is 0 Å². The molecule has 0 bridgehead atoms. The molecule has 38 heavy (non-hydrogen) atoms. The number of fused-ring (bicyclic) bond motifs is 2. The minimum Gasteiger partial charge on any atom is -0.216 e. The molecule has 1 aliphatic heterocycles. The summed E-state index contributed by atoms with van der Waals surface area (Å²) in [6.45, 7) is 32.2. The van der Waals surface area contributed by atoms with Gasteiger partial charge in [0.25, 0.3) is 0 Å². The number of nitrogens with zero attached hydrogens (tertiary/aromatic N) is 4. The van der Waals surface area contributed by atoms with Gasteiger partial charge in [0, 0.05) is 12.1 Å². The van der Waals surface area contributed by atoms with Crippen molar-refractivity contribution < 1.29 is 0 Å². The molecule has 1 aliphatic rings. The van der Waals surface area contributed by atoms with Crippen LogP contribution in [0.25, 0.3) is 11.0 Å². The predicted molar refractivity (Wildman–Crippen MR) is 169 cm³/mol. The van der Waals surface area contributed by atoms with E-state index in [2.05, 4.69) is 152 Å². The number of rotatable bonds is 4. The summed E-state index contributed by atoms with van der Waals surface area (Å²) < 4.78 is 10.2. The standard InChI is InChI=1S/C17H27N2.C16H26N2.Pb/c1-16(2,3)11-18-13-19(12-17(4,5)6)15-10-8-7-9-14(15)18;1-15(2,3)11-17-13-9-7-8-10-14(13)18-12-16(4,5)6;/h7-10,13H,11-12H2,1-6H3;7-10H,11-12H2,1-6H3;/q+1;-2;+2. The first-order valence-corrected chi connectivity index (χ1v) is 17.7. The predicted octanol–water partition coefficient (Wildman–Crippen LogP) is 8.76. The molecular weight excluding hydrogens is 660 g/mol. The summed E-state index contributed by atoms with van der Waals surface area (Å²) in [5, 5.41) is 0. The number of hydrogen-bond donors (Lipinski definition) is 0. The van der Waals surface area contributed by atoms with Crippen LogP contribution in [0.5, 0.6) is 0 Å². The Balaban J connectivity index is 0.000000211. The van der Waals surface area contributed by atoms with E-state index in [0.717, 1.165) is 13.1 Å². The van der Waals surface area contributed by atoms with Gasteiger partial charge in [0.2, 0.25) is 11.0 Å². The van der Waals surface area contributed by atoms with Gasteiger partial charge < -0.3 is 0 Å². The van der Waals surface area contributed by atoms with Crippen molar-refractivity contribution in [2.75, 3.05) is 18.5 Å². The molecule has 0 unspecified atom stereocenters. The maximum atomic E-state index is 2.71. The maximum Gasteiger partial charge on any atom is 0.211 e. The van der Waals surface area contributed by atoms with Crippen LogP contribution in [0.3, 0.4) is 0 Å². The Hall–Kier alpha value is -1.57. The number of benzene rings is 2. The van der Waals surface area contributed by atoms with Crippen molar-refractivity contribution in [1.82, 2.24) is 9.13 Å². The molecule has 0 aliphatic carbocycles. The molecular formula is C33H53N4Pb+. The molecule has 4 rings (SSSR count). The van der Waals surface area contributed by atoms with E-state index in [1.54, 1.807) is 0 Å². The molecule has 208 valence electrons. The maximum absolute atomic E-state index is 2.71. The fourth-order valence-electron chi connectivity index (χ4n) is 4.88. The largest absolute Gasteiger partial charge is 0.216 e. The van der Waals surface area contributed by atoms with E-state index < -0.39 is 24.8 Å². The molecule has 0 amide bonds. The van der Waals surface area contributed by atoms with Gasteiger partial charge in [-0.3, -0.25) is 0 Å². The van der Waals surface area contributed by atoms with Crippen LogP contribution in [0.1, 0.15) is 83.1 Å². The quantitative estimate of drug-likeness (QED) is 0.199. The molecule has 1 aromatic heterocycles. The zero-order chi connectivity index (χ0) is 28.5. The van der Waals surface area contributed by atoms with E-state index >= 15 is 0 Å². The molecule has 2 heterocycles. The number of hydrogen-bond acceptors (Lipinski definition) is 2. The van der Waals surface area contributed by atoms with Crippen molar-refractivity contribution in [2.24, 2.45) is 21.7 Å². The topological polar surface area (TPSA) is 16.3 Å². The summed E-state index contributed by atoms with van der Waals surface area (Å²) in [7, 11) is 0. The summed E-state index contributed by atoms with van der Waals surface area (Å²) in [6, 6.07) is 17.7. The van der Waals surface area contributed by atoms with E-state index in [9.17, 15) is 0 Å². The van der Waals surface area contributed by atoms with Crippen LogP contribution in [0.4, 0.5) is 11.4 Å². The van der Waals surface area contributed by atoms with Gasteiger partial charge >= 0.3 is 131 Å². The summed E-state index contributed by atoms with van der Waals surface area (Å²) in [5.41, 5.74) is 6.96. The molecule has 5 heteroatoms. The van der Waals surface area contributed by atoms with E-state index in [1.807, 2.05) is 0 Å². The van der Waals surface area contributed by atoms with Crippen LogP contribution in [0, 0.1) is 21.7 Å². The Morgan fingerprint density at radius 1 is 0.500 bits per heavy atom. The Labute approximate surface area is 246 Å². The van der Waals surface area contributed by atoms with Gasteiger partial charge in [-0.05, 0) is 23.0 Å². The molecule has 2 radical (unpaired) electrons. The first-order chi connectivity index (χ1) is 17.3. The fraction of sp³-hybridized carbons (Fsp3) is 0.606. The zero-order valence-corrected chi connectivity index (χ0v) is 30.2. The van der Waals surface area contributed by atoms with Gasteiger partial charge in [-0.25, -0.2) is 9.13 Å². The van der Waals surface area contributed by atoms with Crippen LogP contribution >= 0.6 is 0 Å². The van der Waals surface area contributed by atoms with E-state index in [1.165, 1.54) is 35.5 Å². The smallest absolute Gasteiger partial charge is 0.211 e. The number of imidazole rings is 1. The van der Waals surface area contributed by atoms with E-state index in [4.69, 9.17) is 0 Å². The molecule has 0 spiro atoms. The Bertz CT molecular complexity index is 1110. The summed E-state index contributed by atoms with van der Waals surface area (Å²) in [4.78, 5) is 0. The van der Waals surface area contributed by atoms with Crippen molar-refractivity contribution in [2.45, 2.75) is 96.2 Å². The molecule has 0 N–H and O–H groups in total. The van der Waals surface area contributed by atoms with Gasteiger partial charge in [-0.1, -0.05) is 41.5 Å². The average molecular weight is 713 g/mol. The number of anilines is 2. The summed E-state index contributed by atoms with van der Waals surface area (Å²) in [5.74, 6) is 0. The summed E-state index contributed by atoms with van der Waals surface area (Å²) >= 11 is -0.934. The first-order valence-electron chi connectivity index (χ1n) is 14.2. The minimum atomic E-state index is -0.934. The zero-order valence-electron chi connectivity index (χ0n) is 26.3. The van der Waals surface area contributed by atoms with Crippen molar-refractivity contribution in [1.29, 1.82) is 0 Å². The van der Waals surface area contributed by atoms with Crippen molar-refractivity contribution in [3.63, 3.8) is 0 Å². The number of aromatic nitrogens is 2. The summed E-state index contributed by atoms with van der Waals surface area (Å²) in [6.07, 6.45) is 2.28. The third-order valence-corrected chi connectivity index (χ3v) is 11.0. The molecule has 0 fully saturated rings. The first kappa shape index (κ1) is 31.0. The molecule has 0 saturated carbocycles. The van der Waals surface area contributed by atoms with E-state index in [-0.39, 0.29) is 0 Å². The van der Waals surface area contributed by atoms with Crippen LogP contribution in [0.15, 0.2) is 54.9 Å². The Kier molecular flexibility index (Phi) is 9.37. The fourth-order valence-corrected chi connectivity index (χ4v) is 12.6. The minimum absolute atomic E-state index is 0.293. The van der Waals surface area contributed by atoms with Crippen LogP contribution in [-0.4, -0.2) is 47.1 Å². The second kappa shape index (κ2) is 11.5. The van der Waals surface area contributed by atoms with Gasteiger partial charge in [0.1, 0.15) is 0 Å². The Morgan fingerprint density at radius 3 is 1.13 bits per heavy atom. The third kappa shape index (κ3) is 9.27. The van der Waals surface area contributed by atoms with Crippen molar-refractivity contribution in [3.8, 4) is 0 Å². The van der Waals surface area contributed by atoms with Gasteiger partial charge in [0.05, 0.1) is 13.1 Å². The number of para-hydroxylation sites is 4. The molecule has 4 nitrogen and oxygen atoms in total. The molecule has 2 aromatic carbocycles. The molecule has 3 aromatic rings. The third-order valence-electron chi connectivity index (χ3n) is 6.04. The second-order valence-electron chi connectivity index (χ2n) is 15.9. The average Bonchev–Trinajstić information content (AvgIpc) is 3.22. The monoisotopic (exact) mass is 713 g/mol. The molecule has 0 saturated heterocycles. The second-order valence-corrected chi connectivity index (χ2v) is 20.8. The normalized spacial score (nSPS) is 14.5. The van der Waals surface area contributed by atoms with Crippen LogP contribution in [0.2, 0.25) is 0 Å². The SMILES string of the molecule is CC(C)(C)C[N]1[Pb][N](CC(C)(C)C)c2ccccc21.CC(C)(C)Cn1[cH+]n(CC(C)(C)C)c2ccccc21. The van der Waals surface area contributed by atoms with Crippen LogP contribution < -0.4 is 5.42 Å². The Morgan fingerprint density at radius 2 is 0.816 bits per heavy atom. The van der Waals surface area contributed by atoms with Crippen molar-refractivity contribution >= 4 is 47.2 Å². The van der Waals surface area contributed by atoms with Gasteiger partial charge in [-0.2, -0.15) is 0 Å². The van der Waals surface area contributed by atoms with Gasteiger partial charge in [0.15, 0.2) is 6.33 Å². The van der Waals surface area contributed by atoms with Crippen molar-refractivity contribution in [3.05, 3.63) is 54.9 Å².